The number of nitrogens with two attached hydrogens (primary N) is 1. The fourth-order valence-electron chi connectivity index (χ4n) is 1.62. The molecule has 0 bridgehead atoms. The Bertz CT molecular complexity index is 266. The molecule has 0 saturated carbocycles. The van der Waals surface area contributed by atoms with E-state index in [4.69, 9.17) is 10.8 Å². The van der Waals surface area contributed by atoms with Gasteiger partial charge in [-0.1, -0.05) is 26.0 Å². The fourth-order valence-corrected chi connectivity index (χ4v) is 1.62. The van der Waals surface area contributed by atoms with Gasteiger partial charge in [-0.2, -0.15) is 0 Å². The van der Waals surface area contributed by atoms with Gasteiger partial charge in [-0.15, -0.1) is 0 Å². The molecule has 0 aliphatic heterocycles. The van der Waals surface area contributed by atoms with E-state index in [9.17, 15) is 0 Å². The van der Waals surface area contributed by atoms with Crippen LogP contribution in [0.15, 0.2) is 24.3 Å². The number of phenolic OH excluding ortho intramolecular Hbond substituents is 1. The van der Waals surface area contributed by atoms with Crippen LogP contribution in [0.1, 0.15) is 25.8 Å². The number of phenols is 1. The topological polar surface area (TPSA) is 46.2 Å². The van der Waals surface area contributed by atoms with Gasteiger partial charge in [0.15, 0.2) is 0 Å². The van der Waals surface area contributed by atoms with Crippen LogP contribution in [0.25, 0.3) is 0 Å². The third-order valence-electron chi connectivity index (χ3n) is 2.21. The second-order valence-electron chi connectivity index (χ2n) is 4.26. The molecule has 0 amide bonds. The molecule has 0 aliphatic carbocycles. The molecule has 2 nitrogen and oxygen atoms in total. The third kappa shape index (κ3) is 3.79. The molecular formula is C12H19NO. The van der Waals surface area contributed by atoms with E-state index < -0.39 is 0 Å². The normalized spacial score (nSPS) is 13.1. The maximum absolute atomic E-state index is 9.10. The number of rotatable bonds is 4. The van der Waals surface area contributed by atoms with E-state index in [1.54, 1.807) is 12.1 Å². The summed E-state index contributed by atoms with van der Waals surface area (Å²) in [5, 5.41) is 9.10. The zero-order valence-corrected chi connectivity index (χ0v) is 8.90. The van der Waals surface area contributed by atoms with E-state index in [0.29, 0.717) is 11.7 Å². The van der Waals surface area contributed by atoms with Crippen molar-refractivity contribution in [2.75, 3.05) is 0 Å². The van der Waals surface area contributed by atoms with Gasteiger partial charge in [-0.3, -0.25) is 0 Å². The number of benzene rings is 1. The quantitative estimate of drug-likeness (QED) is 0.770. The molecule has 2 heteroatoms. The Kier molecular flexibility index (Phi) is 3.96. The summed E-state index contributed by atoms with van der Waals surface area (Å²) < 4.78 is 0. The molecule has 0 spiro atoms. The molecule has 0 radical (unpaired) electrons. The van der Waals surface area contributed by atoms with Crippen molar-refractivity contribution < 1.29 is 5.11 Å². The lowest BCUT2D eigenvalue weighted by Crippen LogP contribution is -2.24. The van der Waals surface area contributed by atoms with Crippen LogP contribution in [0.4, 0.5) is 0 Å². The van der Waals surface area contributed by atoms with Crippen molar-refractivity contribution in [3.63, 3.8) is 0 Å². The van der Waals surface area contributed by atoms with Gasteiger partial charge < -0.3 is 10.8 Å². The highest BCUT2D eigenvalue weighted by molar-refractivity contribution is 5.26. The number of hydrogen-bond donors (Lipinski definition) is 2. The summed E-state index contributed by atoms with van der Waals surface area (Å²) in [4.78, 5) is 0. The number of aromatic hydroxyl groups is 1. The predicted octanol–water partition coefficient (Wildman–Crippen LogP) is 2.31. The maximum atomic E-state index is 9.10. The molecule has 0 aromatic heterocycles. The maximum Gasteiger partial charge on any atom is 0.115 e. The van der Waals surface area contributed by atoms with Gasteiger partial charge in [-0.05, 0) is 36.5 Å². The van der Waals surface area contributed by atoms with Crippen molar-refractivity contribution in [2.45, 2.75) is 32.7 Å². The lowest BCUT2D eigenvalue weighted by Gasteiger charge is -2.13. The Hall–Kier alpha value is -1.02. The van der Waals surface area contributed by atoms with Gasteiger partial charge in [0.05, 0.1) is 0 Å². The summed E-state index contributed by atoms with van der Waals surface area (Å²) in [6.07, 6.45) is 1.93. The van der Waals surface area contributed by atoms with E-state index >= 15 is 0 Å². The van der Waals surface area contributed by atoms with Crippen LogP contribution < -0.4 is 5.73 Å². The molecule has 0 heterocycles. The van der Waals surface area contributed by atoms with Gasteiger partial charge in [-0.25, -0.2) is 0 Å². The first-order chi connectivity index (χ1) is 6.58. The van der Waals surface area contributed by atoms with Gasteiger partial charge in [0.1, 0.15) is 5.75 Å². The Morgan fingerprint density at radius 3 is 2.29 bits per heavy atom. The molecule has 1 aromatic carbocycles. The van der Waals surface area contributed by atoms with E-state index in [-0.39, 0.29) is 6.04 Å². The molecule has 3 N–H and O–H groups in total. The monoisotopic (exact) mass is 193 g/mol. The van der Waals surface area contributed by atoms with Crippen LogP contribution in [-0.4, -0.2) is 11.1 Å². The van der Waals surface area contributed by atoms with Crippen LogP contribution in [0, 0.1) is 5.92 Å². The minimum atomic E-state index is 0.222. The fraction of sp³-hybridized carbons (Fsp3) is 0.500. The van der Waals surface area contributed by atoms with Crippen LogP contribution in [0.2, 0.25) is 0 Å². The molecule has 1 unspecified atom stereocenters. The second-order valence-corrected chi connectivity index (χ2v) is 4.26. The van der Waals surface area contributed by atoms with Crippen LogP contribution in [0.5, 0.6) is 5.75 Å². The lowest BCUT2D eigenvalue weighted by atomic mass is 9.98. The first-order valence-electron chi connectivity index (χ1n) is 5.11. The average Bonchev–Trinajstić information content (AvgIpc) is 2.07. The van der Waals surface area contributed by atoms with E-state index in [2.05, 4.69) is 13.8 Å². The Morgan fingerprint density at radius 2 is 1.79 bits per heavy atom. The largest absolute Gasteiger partial charge is 0.508 e. The average molecular weight is 193 g/mol. The molecule has 1 aromatic rings. The minimum absolute atomic E-state index is 0.222. The Balaban J connectivity index is 2.47. The highest BCUT2D eigenvalue weighted by Crippen LogP contribution is 2.13. The van der Waals surface area contributed by atoms with Crippen LogP contribution >= 0.6 is 0 Å². The Morgan fingerprint density at radius 1 is 1.21 bits per heavy atom. The van der Waals surface area contributed by atoms with E-state index in [1.807, 2.05) is 12.1 Å². The lowest BCUT2D eigenvalue weighted by molar-refractivity contribution is 0.473. The zero-order valence-electron chi connectivity index (χ0n) is 8.90. The van der Waals surface area contributed by atoms with Crippen molar-refractivity contribution >= 4 is 0 Å². The molecule has 78 valence electrons. The van der Waals surface area contributed by atoms with Crippen LogP contribution in [-0.2, 0) is 6.42 Å². The first kappa shape index (κ1) is 11.1. The third-order valence-corrected chi connectivity index (χ3v) is 2.21. The van der Waals surface area contributed by atoms with Gasteiger partial charge >= 0.3 is 0 Å². The van der Waals surface area contributed by atoms with Crippen LogP contribution in [0.3, 0.4) is 0 Å². The van der Waals surface area contributed by atoms with Gasteiger partial charge in [0, 0.05) is 6.04 Å². The molecule has 14 heavy (non-hydrogen) atoms. The summed E-state index contributed by atoms with van der Waals surface area (Å²) >= 11 is 0. The first-order valence-corrected chi connectivity index (χ1v) is 5.11. The summed E-state index contributed by atoms with van der Waals surface area (Å²) in [6.45, 7) is 4.35. The highest BCUT2D eigenvalue weighted by Gasteiger charge is 2.06. The molecular weight excluding hydrogens is 174 g/mol. The molecule has 0 aliphatic rings. The molecule has 0 fully saturated rings. The van der Waals surface area contributed by atoms with Crippen molar-refractivity contribution in [1.82, 2.24) is 0 Å². The highest BCUT2D eigenvalue weighted by atomic mass is 16.3. The van der Waals surface area contributed by atoms with Gasteiger partial charge in [0.2, 0.25) is 0 Å². The minimum Gasteiger partial charge on any atom is -0.508 e. The molecule has 1 rings (SSSR count). The summed E-state index contributed by atoms with van der Waals surface area (Å²) in [5.41, 5.74) is 7.17. The van der Waals surface area contributed by atoms with Crippen molar-refractivity contribution in [2.24, 2.45) is 11.7 Å². The molecule has 0 saturated heterocycles. The summed E-state index contributed by atoms with van der Waals surface area (Å²) in [5.74, 6) is 0.952. The number of hydrogen-bond acceptors (Lipinski definition) is 2. The smallest absolute Gasteiger partial charge is 0.115 e. The summed E-state index contributed by atoms with van der Waals surface area (Å²) in [7, 11) is 0. The standard InChI is InChI=1S/C12H19NO/c1-9(2)7-11(13)8-10-3-5-12(14)6-4-10/h3-6,9,11,14H,7-8,13H2,1-2H3. The van der Waals surface area contributed by atoms with Crippen molar-refractivity contribution in [3.05, 3.63) is 29.8 Å². The summed E-state index contributed by atoms with van der Waals surface area (Å²) in [6, 6.07) is 7.49. The molecule has 1 atom stereocenters. The van der Waals surface area contributed by atoms with E-state index in [0.717, 1.165) is 12.8 Å². The van der Waals surface area contributed by atoms with Gasteiger partial charge in [0.25, 0.3) is 0 Å². The van der Waals surface area contributed by atoms with Crippen molar-refractivity contribution in [1.29, 1.82) is 0 Å². The second kappa shape index (κ2) is 5.01. The predicted molar refractivity (Wildman–Crippen MR) is 59.2 cm³/mol. The zero-order chi connectivity index (χ0) is 10.6. The van der Waals surface area contributed by atoms with E-state index in [1.165, 1.54) is 5.56 Å². The Labute approximate surface area is 85.8 Å². The van der Waals surface area contributed by atoms with Crippen molar-refractivity contribution in [3.8, 4) is 5.75 Å². The SMILES string of the molecule is CC(C)CC(N)Cc1ccc(O)cc1.